The number of hydrogen-bond donors (Lipinski definition) is 2. The number of nitrogens with zero attached hydrogens (tertiary/aromatic N) is 1. The summed E-state index contributed by atoms with van der Waals surface area (Å²) in [6.45, 7) is 1.84. The summed E-state index contributed by atoms with van der Waals surface area (Å²) in [5.74, 6) is -0.235. The average molecular weight is 255 g/mol. The largest absolute Gasteiger partial charge is 0.394 e. The minimum absolute atomic E-state index is 0.0570. The summed E-state index contributed by atoms with van der Waals surface area (Å²) in [7, 11) is 0. The van der Waals surface area contributed by atoms with E-state index in [0.29, 0.717) is 11.6 Å². The number of carbonyl (C=O) groups excluding carboxylic acids is 1. The molecule has 1 rings (SSSR count). The molecule has 1 unspecified atom stereocenters. The summed E-state index contributed by atoms with van der Waals surface area (Å²) in [4.78, 5) is 15.3. The van der Waals surface area contributed by atoms with Crippen molar-refractivity contribution in [1.82, 2.24) is 10.3 Å². The smallest absolute Gasteiger partial charge is 0.244 e. The van der Waals surface area contributed by atoms with Crippen molar-refractivity contribution in [2.45, 2.75) is 19.4 Å². The van der Waals surface area contributed by atoms with Crippen LogP contribution in [0.1, 0.15) is 18.9 Å². The van der Waals surface area contributed by atoms with Gasteiger partial charge in [-0.05, 0) is 24.1 Å². The molecule has 2 N–H and O–H groups in total. The Balaban J connectivity index is 2.53. The third-order valence-corrected chi connectivity index (χ3v) is 2.46. The molecule has 0 spiro atoms. The number of hydrogen-bond acceptors (Lipinski definition) is 3. The van der Waals surface area contributed by atoms with Crippen molar-refractivity contribution in [2.24, 2.45) is 0 Å². The number of carbonyl (C=O) groups is 1. The van der Waals surface area contributed by atoms with Crippen LogP contribution in [0.5, 0.6) is 0 Å². The first-order valence-electron chi connectivity index (χ1n) is 5.36. The van der Waals surface area contributed by atoms with Gasteiger partial charge in [-0.3, -0.25) is 4.79 Å². The highest BCUT2D eigenvalue weighted by molar-refractivity contribution is 6.29. The molecule has 0 aliphatic rings. The zero-order valence-corrected chi connectivity index (χ0v) is 10.3. The Hall–Kier alpha value is -1.39. The van der Waals surface area contributed by atoms with Crippen LogP contribution in [0.4, 0.5) is 0 Å². The molecule has 17 heavy (non-hydrogen) atoms. The molecule has 0 aromatic carbocycles. The van der Waals surface area contributed by atoms with E-state index >= 15 is 0 Å². The maximum absolute atomic E-state index is 11.5. The molecule has 0 fully saturated rings. The van der Waals surface area contributed by atoms with Gasteiger partial charge in [0.05, 0.1) is 12.6 Å². The molecule has 0 bridgehead atoms. The van der Waals surface area contributed by atoms with Gasteiger partial charge in [-0.1, -0.05) is 24.6 Å². The molecule has 5 heteroatoms. The van der Waals surface area contributed by atoms with Crippen molar-refractivity contribution in [3.05, 3.63) is 35.1 Å². The number of amides is 1. The standard InChI is InChI=1S/C12H15ClN2O2/c1-2-10(8-16)15-12(17)6-4-9-3-5-11(13)14-7-9/h3-7,10,16H,2,8H2,1H3,(H,15,17)/b6-4+. The zero-order chi connectivity index (χ0) is 12.7. The molecule has 92 valence electrons. The first kappa shape index (κ1) is 13.7. The second-order valence-corrected chi connectivity index (χ2v) is 3.93. The third-order valence-electron chi connectivity index (χ3n) is 2.24. The predicted octanol–water partition coefficient (Wildman–Crippen LogP) is 1.64. The monoisotopic (exact) mass is 254 g/mol. The van der Waals surface area contributed by atoms with E-state index in [-0.39, 0.29) is 18.6 Å². The van der Waals surface area contributed by atoms with Crippen molar-refractivity contribution >= 4 is 23.6 Å². The second-order valence-electron chi connectivity index (χ2n) is 3.54. The SMILES string of the molecule is CCC(CO)NC(=O)/C=C/c1ccc(Cl)nc1. The fourth-order valence-corrected chi connectivity index (χ4v) is 1.30. The van der Waals surface area contributed by atoms with Gasteiger partial charge >= 0.3 is 0 Å². The maximum Gasteiger partial charge on any atom is 0.244 e. The van der Waals surface area contributed by atoms with Crippen LogP contribution in [-0.2, 0) is 4.79 Å². The lowest BCUT2D eigenvalue weighted by molar-refractivity contribution is -0.117. The minimum Gasteiger partial charge on any atom is -0.394 e. The van der Waals surface area contributed by atoms with Crippen molar-refractivity contribution < 1.29 is 9.90 Å². The Bertz CT molecular complexity index is 386. The number of pyridine rings is 1. The lowest BCUT2D eigenvalue weighted by Gasteiger charge is -2.11. The molecule has 0 radical (unpaired) electrons. The first-order valence-corrected chi connectivity index (χ1v) is 5.74. The quantitative estimate of drug-likeness (QED) is 0.620. The highest BCUT2D eigenvalue weighted by atomic mass is 35.5. The van der Waals surface area contributed by atoms with Crippen LogP contribution in [0.2, 0.25) is 5.15 Å². The lowest BCUT2D eigenvalue weighted by atomic mass is 10.2. The number of aliphatic hydroxyl groups excluding tert-OH is 1. The minimum atomic E-state index is -0.235. The van der Waals surface area contributed by atoms with Crippen molar-refractivity contribution in [3.63, 3.8) is 0 Å². The van der Waals surface area contributed by atoms with Crippen molar-refractivity contribution in [1.29, 1.82) is 0 Å². The van der Waals surface area contributed by atoms with Gasteiger partial charge in [-0.15, -0.1) is 0 Å². The first-order chi connectivity index (χ1) is 8.15. The van der Waals surface area contributed by atoms with E-state index in [1.165, 1.54) is 6.08 Å². The van der Waals surface area contributed by atoms with Gasteiger partial charge in [0.15, 0.2) is 0 Å². The molecule has 1 heterocycles. The summed E-state index contributed by atoms with van der Waals surface area (Å²) in [6, 6.07) is 3.22. The van der Waals surface area contributed by atoms with E-state index in [9.17, 15) is 4.79 Å². The summed E-state index contributed by atoms with van der Waals surface area (Å²) < 4.78 is 0. The molecule has 0 aliphatic carbocycles. The van der Waals surface area contributed by atoms with E-state index in [1.807, 2.05) is 6.92 Å². The Labute approximate surface area is 105 Å². The molecular formula is C12H15ClN2O2. The number of halogens is 1. The van der Waals surface area contributed by atoms with E-state index in [0.717, 1.165) is 5.56 Å². The number of aromatic nitrogens is 1. The fourth-order valence-electron chi connectivity index (χ4n) is 1.18. The number of aliphatic hydroxyl groups is 1. The van der Waals surface area contributed by atoms with Crippen LogP contribution in [-0.4, -0.2) is 28.6 Å². The van der Waals surface area contributed by atoms with Gasteiger partial charge in [0.2, 0.25) is 5.91 Å². The highest BCUT2D eigenvalue weighted by Gasteiger charge is 2.05. The molecule has 1 amide bonds. The summed E-state index contributed by atoms with van der Waals surface area (Å²) in [5.41, 5.74) is 0.793. The molecule has 1 atom stereocenters. The Morgan fingerprint density at radius 1 is 1.65 bits per heavy atom. The van der Waals surface area contributed by atoms with Crippen LogP contribution in [0.3, 0.4) is 0 Å². The molecule has 1 aromatic rings. The van der Waals surface area contributed by atoms with E-state index in [4.69, 9.17) is 16.7 Å². The van der Waals surface area contributed by atoms with Gasteiger partial charge in [0.1, 0.15) is 5.15 Å². The second kappa shape index (κ2) is 7.04. The Kier molecular flexibility index (Phi) is 5.66. The van der Waals surface area contributed by atoms with Crippen LogP contribution in [0, 0.1) is 0 Å². The van der Waals surface area contributed by atoms with Crippen molar-refractivity contribution in [2.75, 3.05) is 6.61 Å². The van der Waals surface area contributed by atoms with Crippen molar-refractivity contribution in [3.8, 4) is 0 Å². The third kappa shape index (κ3) is 4.97. The van der Waals surface area contributed by atoms with Gasteiger partial charge < -0.3 is 10.4 Å². The highest BCUT2D eigenvalue weighted by Crippen LogP contribution is 2.06. The topological polar surface area (TPSA) is 62.2 Å². The van der Waals surface area contributed by atoms with E-state index in [2.05, 4.69) is 10.3 Å². The molecule has 4 nitrogen and oxygen atoms in total. The number of rotatable bonds is 5. The zero-order valence-electron chi connectivity index (χ0n) is 9.56. The summed E-state index contributed by atoms with van der Waals surface area (Å²) in [6.07, 6.45) is 5.32. The van der Waals surface area contributed by atoms with Gasteiger partial charge in [-0.2, -0.15) is 0 Å². The lowest BCUT2D eigenvalue weighted by Crippen LogP contribution is -2.35. The molecule has 0 aliphatic heterocycles. The Morgan fingerprint density at radius 2 is 2.41 bits per heavy atom. The number of nitrogens with one attached hydrogen (secondary N) is 1. The van der Waals surface area contributed by atoms with Gasteiger partial charge in [0, 0.05) is 12.3 Å². The normalized spacial score (nSPS) is 12.6. The molecule has 1 aromatic heterocycles. The van der Waals surface area contributed by atoms with Crippen LogP contribution < -0.4 is 5.32 Å². The van der Waals surface area contributed by atoms with Crippen LogP contribution in [0.15, 0.2) is 24.4 Å². The van der Waals surface area contributed by atoms with Crippen LogP contribution in [0.25, 0.3) is 6.08 Å². The van der Waals surface area contributed by atoms with Gasteiger partial charge in [0.25, 0.3) is 0 Å². The average Bonchev–Trinajstić information content (AvgIpc) is 2.35. The Morgan fingerprint density at radius 3 is 2.94 bits per heavy atom. The molecule has 0 saturated carbocycles. The van der Waals surface area contributed by atoms with E-state index in [1.54, 1.807) is 24.4 Å². The fraction of sp³-hybridized carbons (Fsp3) is 0.333. The molecule has 0 saturated heterocycles. The van der Waals surface area contributed by atoms with Crippen LogP contribution >= 0.6 is 11.6 Å². The summed E-state index contributed by atoms with van der Waals surface area (Å²) in [5, 5.41) is 12.0. The van der Waals surface area contributed by atoms with Gasteiger partial charge in [-0.25, -0.2) is 4.98 Å². The van der Waals surface area contributed by atoms with E-state index < -0.39 is 0 Å². The maximum atomic E-state index is 11.5. The molecular weight excluding hydrogens is 240 g/mol. The summed E-state index contributed by atoms with van der Waals surface area (Å²) >= 11 is 5.64. The predicted molar refractivity (Wildman–Crippen MR) is 67.6 cm³/mol.